The van der Waals surface area contributed by atoms with E-state index < -0.39 is 11.0 Å². The summed E-state index contributed by atoms with van der Waals surface area (Å²) in [6.45, 7) is 2.39. The molecule has 0 radical (unpaired) electrons. The predicted molar refractivity (Wildman–Crippen MR) is 122 cm³/mol. The van der Waals surface area contributed by atoms with Crippen LogP contribution in [-0.4, -0.2) is 26.0 Å². The summed E-state index contributed by atoms with van der Waals surface area (Å²) in [5.74, 6) is -0.237. The molecule has 0 saturated carbocycles. The van der Waals surface area contributed by atoms with Gasteiger partial charge in [-0.3, -0.25) is 9.78 Å². The average Bonchev–Trinajstić information content (AvgIpc) is 2.84. The highest BCUT2D eigenvalue weighted by molar-refractivity contribution is 7.82. The molecule has 31 heavy (non-hydrogen) atoms. The van der Waals surface area contributed by atoms with Crippen LogP contribution in [0.25, 0.3) is 0 Å². The van der Waals surface area contributed by atoms with Crippen LogP contribution in [0.2, 0.25) is 0 Å². The van der Waals surface area contributed by atoms with E-state index in [4.69, 9.17) is 0 Å². The summed E-state index contributed by atoms with van der Waals surface area (Å²) in [5.41, 5.74) is 1.96. The van der Waals surface area contributed by atoms with E-state index in [9.17, 15) is 9.00 Å². The summed E-state index contributed by atoms with van der Waals surface area (Å²) in [7, 11) is -1.35. The molecule has 0 bridgehead atoms. The summed E-state index contributed by atoms with van der Waals surface area (Å²) in [5, 5.41) is 3.09. The molecule has 0 spiro atoms. The Hall–Kier alpha value is -2.83. The van der Waals surface area contributed by atoms with Gasteiger partial charge in [0.1, 0.15) is 11.0 Å². The number of nitrogens with one attached hydrogen (secondary N) is 1. The third-order valence-electron chi connectivity index (χ3n) is 5.74. The van der Waals surface area contributed by atoms with Gasteiger partial charge in [-0.2, -0.15) is 0 Å². The molecule has 1 aliphatic rings. The molecule has 2 heterocycles. The molecule has 3 aromatic rings. The molecule has 1 N–H and O–H groups in total. The van der Waals surface area contributed by atoms with E-state index in [-0.39, 0.29) is 23.9 Å². The third kappa shape index (κ3) is 5.09. The maximum Gasteiger partial charge on any atom is 0.224 e. The summed E-state index contributed by atoms with van der Waals surface area (Å²) in [6.07, 6.45) is 3.26. The second-order valence-electron chi connectivity index (χ2n) is 7.85. The number of benzene rings is 2. The van der Waals surface area contributed by atoms with Gasteiger partial charge in [0.15, 0.2) is 0 Å². The number of piperidine rings is 1. The van der Waals surface area contributed by atoms with Crippen molar-refractivity contribution in [1.82, 2.24) is 14.6 Å². The van der Waals surface area contributed by atoms with Crippen LogP contribution < -0.4 is 5.32 Å². The highest BCUT2D eigenvalue weighted by Crippen LogP contribution is 2.36. The van der Waals surface area contributed by atoms with Crippen molar-refractivity contribution >= 4 is 16.9 Å². The van der Waals surface area contributed by atoms with Gasteiger partial charge in [0, 0.05) is 18.8 Å². The molecular weight excluding hydrogens is 406 g/mol. The van der Waals surface area contributed by atoms with E-state index in [1.165, 1.54) is 0 Å². The van der Waals surface area contributed by atoms with Crippen LogP contribution in [0, 0.1) is 5.92 Å². The smallest absolute Gasteiger partial charge is 0.224 e. The lowest BCUT2D eigenvalue weighted by Crippen LogP contribution is -2.45. The van der Waals surface area contributed by atoms with Crippen LogP contribution in [0.5, 0.6) is 0 Å². The molecule has 0 aliphatic carbocycles. The highest BCUT2D eigenvalue weighted by atomic mass is 32.2. The van der Waals surface area contributed by atoms with Crippen LogP contribution in [0.15, 0.2) is 90.0 Å². The van der Waals surface area contributed by atoms with E-state index in [2.05, 4.69) is 22.4 Å². The van der Waals surface area contributed by atoms with Crippen molar-refractivity contribution in [3.8, 4) is 0 Å². The number of carbonyl (C=O) groups is 1. The molecule has 2 aromatic carbocycles. The number of carbonyl (C=O) groups excluding carboxylic acids is 1. The summed E-state index contributed by atoms with van der Waals surface area (Å²) < 4.78 is 15.5. The quantitative estimate of drug-likeness (QED) is 0.625. The summed E-state index contributed by atoms with van der Waals surface area (Å²) in [6, 6.07) is 25.1. The van der Waals surface area contributed by atoms with Gasteiger partial charge in [0.25, 0.3) is 0 Å². The van der Waals surface area contributed by atoms with Crippen LogP contribution >= 0.6 is 0 Å². The highest BCUT2D eigenvalue weighted by Gasteiger charge is 2.36. The fourth-order valence-electron chi connectivity index (χ4n) is 4.05. The second-order valence-corrected chi connectivity index (χ2v) is 9.29. The largest absolute Gasteiger partial charge is 0.348 e. The monoisotopic (exact) mass is 433 g/mol. The Bertz CT molecular complexity index is 1010. The van der Waals surface area contributed by atoms with Gasteiger partial charge >= 0.3 is 0 Å². The normalized spacial score (nSPS) is 21.2. The molecule has 5 nitrogen and oxygen atoms in total. The van der Waals surface area contributed by atoms with E-state index in [0.29, 0.717) is 6.54 Å². The zero-order chi connectivity index (χ0) is 21.6. The number of nitrogens with zero attached hydrogens (tertiary/aromatic N) is 2. The number of amides is 1. The van der Waals surface area contributed by atoms with Crippen LogP contribution in [-0.2, 0) is 15.8 Å². The van der Waals surface area contributed by atoms with Crippen molar-refractivity contribution in [3.05, 3.63) is 96.3 Å². The van der Waals surface area contributed by atoms with Gasteiger partial charge in [0.05, 0.1) is 22.5 Å². The second kappa shape index (κ2) is 9.98. The average molecular weight is 434 g/mol. The standard InChI is InChI=1S/C25H27N3O2S/c1-19(23-14-8-9-17-26-23)27-25(29)21-15-16-24(20-10-4-2-5-11-20)28(18-21)31(30)22-12-6-3-7-13-22/h2-14,17,19,21,24H,15-16,18H2,1H3,(H,27,29)/t19?,21-,24?,31?/m1/s1. The molecule has 1 fully saturated rings. The first-order valence-electron chi connectivity index (χ1n) is 10.6. The molecule has 1 aromatic heterocycles. The lowest BCUT2D eigenvalue weighted by molar-refractivity contribution is -0.127. The van der Waals surface area contributed by atoms with E-state index in [1.807, 2.05) is 78.0 Å². The SMILES string of the molecule is CC(NC(=O)[C@@H]1CCC(c2ccccc2)N(S(=O)c2ccccc2)C1)c1ccccn1. The van der Waals surface area contributed by atoms with Gasteiger partial charge < -0.3 is 5.32 Å². The van der Waals surface area contributed by atoms with Crippen molar-refractivity contribution in [2.24, 2.45) is 5.92 Å². The van der Waals surface area contributed by atoms with Crippen LogP contribution in [0.4, 0.5) is 0 Å². The molecule has 4 atom stereocenters. The Balaban J connectivity index is 1.53. The molecule has 160 valence electrons. The Morgan fingerprint density at radius 3 is 2.35 bits per heavy atom. The van der Waals surface area contributed by atoms with Gasteiger partial charge in [-0.1, -0.05) is 54.6 Å². The molecule has 1 aliphatic heterocycles. The summed E-state index contributed by atoms with van der Waals surface area (Å²) >= 11 is 0. The van der Waals surface area contributed by atoms with E-state index in [1.54, 1.807) is 6.20 Å². The van der Waals surface area contributed by atoms with Crippen molar-refractivity contribution in [2.45, 2.75) is 36.7 Å². The number of pyridine rings is 1. The Morgan fingerprint density at radius 2 is 1.68 bits per heavy atom. The minimum Gasteiger partial charge on any atom is -0.348 e. The minimum atomic E-state index is -1.35. The van der Waals surface area contributed by atoms with Crippen molar-refractivity contribution in [2.75, 3.05) is 6.54 Å². The topological polar surface area (TPSA) is 62.3 Å². The van der Waals surface area contributed by atoms with Crippen LogP contribution in [0.3, 0.4) is 0 Å². The Labute approximate surface area is 186 Å². The van der Waals surface area contributed by atoms with Gasteiger partial charge in [0.2, 0.25) is 5.91 Å². The first-order chi connectivity index (χ1) is 15.1. The molecular formula is C25H27N3O2S. The Kier molecular flexibility index (Phi) is 6.89. The minimum absolute atomic E-state index is 0.0134. The fraction of sp³-hybridized carbons (Fsp3) is 0.280. The lowest BCUT2D eigenvalue weighted by Gasteiger charge is -2.38. The molecule has 1 saturated heterocycles. The van der Waals surface area contributed by atoms with Crippen molar-refractivity contribution < 1.29 is 9.00 Å². The zero-order valence-electron chi connectivity index (χ0n) is 17.6. The Morgan fingerprint density at radius 1 is 1.00 bits per heavy atom. The van der Waals surface area contributed by atoms with Crippen molar-refractivity contribution in [1.29, 1.82) is 0 Å². The van der Waals surface area contributed by atoms with Gasteiger partial charge in [-0.25, -0.2) is 8.51 Å². The molecule has 6 heteroatoms. The van der Waals surface area contributed by atoms with Crippen LogP contribution in [0.1, 0.15) is 43.1 Å². The molecule has 1 amide bonds. The third-order valence-corrected chi connectivity index (χ3v) is 7.24. The van der Waals surface area contributed by atoms with E-state index >= 15 is 0 Å². The first kappa shape index (κ1) is 21.4. The number of aromatic nitrogens is 1. The fourth-order valence-corrected chi connectivity index (χ4v) is 5.49. The lowest BCUT2D eigenvalue weighted by atomic mass is 9.90. The van der Waals surface area contributed by atoms with Crippen molar-refractivity contribution in [3.63, 3.8) is 0 Å². The maximum atomic E-state index is 13.5. The number of hydrogen-bond donors (Lipinski definition) is 1. The predicted octanol–water partition coefficient (Wildman–Crippen LogP) is 4.43. The van der Waals surface area contributed by atoms with Gasteiger partial charge in [-0.15, -0.1) is 0 Å². The maximum absolute atomic E-state index is 13.5. The first-order valence-corrected chi connectivity index (χ1v) is 11.7. The number of hydrogen-bond acceptors (Lipinski definition) is 3. The molecule has 4 rings (SSSR count). The zero-order valence-corrected chi connectivity index (χ0v) is 18.4. The van der Waals surface area contributed by atoms with E-state index in [0.717, 1.165) is 29.0 Å². The summed E-state index contributed by atoms with van der Waals surface area (Å²) in [4.78, 5) is 18.2. The molecule has 3 unspecified atom stereocenters. The van der Waals surface area contributed by atoms with Gasteiger partial charge in [-0.05, 0) is 49.6 Å². The number of rotatable bonds is 6.